The van der Waals surface area contributed by atoms with E-state index in [0.29, 0.717) is 22.3 Å². The molecule has 5 nitrogen and oxygen atoms in total. The van der Waals surface area contributed by atoms with Gasteiger partial charge < -0.3 is 5.11 Å². The lowest BCUT2D eigenvalue weighted by atomic mass is 10.3. The first kappa shape index (κ1) is 15.2. The number of benzene rings is 1. The number of carbonyl (C=O) groups is 1. The average molecular weight is 332 g/mol. The van der Waals surface area contributed by atoms with Gasteiger partial charge in [-0.1, -0.05) is 28.4 Å². The van der Waals surface area contributed by atoms with Crippen LogP contribution in [0.25, 0.3) is 0 Å². The molecule has 0 unspecified atom stereocenters. The Morgan fingerprint density at radius 1 is 1.40 bits per heavy atom. The third-order valence-corrected chi connectivity index (χ3v) is 4.10. The molecule has 1 aromatic heterocycles. The molecule has 1 N–H and O–H groups in total. The van der Waals surface area contributed by atoms with Crippen molar-refractivity contribution in [1.82, 2.24) is 15.0 Å². The number of carboxylic acids is 1. The van der Waals surface area contributed by atoms with Crippen LogP contribution in [0.15, 0.2) is 29.3 Å². The summed E-state index contributed by atoms with van der Waals surface area (Å²) in [5.74, 6) is -0.187. The van der Waals surface area contributed by atoms with E-state index < -0.39 is 5.97 Å². The number of hydrogen-bond acceptors (Lipinski definition) is 4. The summed E-state index contributed by atoms with van der Waals surface area (Å²) in [7, 11) is 0. The second-order valence-electron chi connectivity index (χ2n) is 3.97. The van der Waals surface area contributed by atoms with Crippen LogP contribution in [0.1, 0.15) is 5.69 Å². The van der Waals surface area contributed by atoms with Gasteiger partial charge in [0.05, 0.1) is 23.7 Å². The zero-order valence-corrected chi connectivity index (χ0v) is 12.6. The van der Waals surface area contributed by atoms with Gasteiger partial charge in [-0.3, -0.25) is 9.48 Å². The summed E-state index contributed by atoms with van der Waals surface area (Å²) in [6, 6.07) is 5.31. The van der Waals surface area contributed by atoms with Gasteiger partial charge >= 0.3 is 5.97 Å². The predicted molar refractivity (Wildman–Crippen MR) is 78.5 cm³/mol. The Bertz CT molecular complexity index is 618. The van der Waals surface area contributed by atoms with Gasteiger partial charge in [0.1, 0.15) is 0 Å². The van der Waals surface area contributed by atoms with Crippen molar-refractivity contribution in [2.45, 2.75) is 17.9 Å². The summed E-state index contributed by atoms with van der Waals surface area (Å²) in [5.41, 5.74) is 0.447. The van der Waals surface area contributed by atoms with Crippen molar-refractivity contribution in [2.24, 2.45) is 0 Å². The Labute approximate surface area is 129 Å². The van der Waals surface area contributed by atoms with E-state index in [1.807, 2.05) is 6.07 Å². The molecular weight excluding hydrogens is 321 g/mol. The molecule has 0 aliphatic heterocycles. The smallest absolute Gasteiger partial charge is 0.309 e. The number of thioether (sulfide) groups is 1. The molecule has 8 heteroatoms. The lowest BCUT2D eigenvalue weighted by Gasteiger charge is -2.04. The Balaban J connectivity index is 1.88. The maximum atomic E-state index is 10.5. The predicted octanol–water partition coefficient (Wildman–Crippen LogP) is 3.00. The second-order valence-corrected chi connectivity index (χ2v) is 5.95. The van der Waals surface area contributed by atoms with Crippen molar-refractivity contribution < 1.29 is 9.90 Å². The SMILES string of the molecule is O=C(O)Cc1cn(CCSc2cc(Cl)ccc2Cl)nn1. The largest absolute Gasteiger partial charge is 0.481 e. The molecule has 2 aromatic rings. The highest BCUT2D eigenvalue weighted by Gasteiger charge is 2.06. The Kier molecular flexibility index (Phi) is 5.28. The van der Waals surface area contributed by atoms with Gasteiger partial charge in [0.25, 0.3) is 0 Å². The van der Waals surface area contributed by atoms with E-state index >= 15 is 0 Å². The standard InChI is InChI=1S/C12H11Cl2N3O2S/c13-8-1-2-10(14)11(5-8)20-4-3-17-7-9(15-16-17)6-12(18)19/h1-2,5,7H,3-4,6H2,(H,18,19). The molecule has 20 heavy (non-hydrogen) atoms. The molecule has 0 spiro atoms. The van der Waals surface area contributed by atoms with Crippen molar-refractivity contribution in [3.05, 3.63) is 40.1 Å². The van der Waals surface area contributed by atoms with Crippen molar-refractivity contribution >= 4 is 40.9 Å². The number of aromatic nitrogens is 3. The molecule has 0 bridgehead atoms. The highest BCUT2D eigenvalue weighted by molar-refractivity contribution is 7.99. The third kappa shape index (κ3) is 4.40. The Morgan fingerprint density at radius 3 is 2.95 bits per heavy atom. The average Bonchev–Trinajstić information content (AvgIpc) is 2.80. The van der Waals surface area contributed by atoms with Crippen molar-refractivity contribution in [3.8, 4) is 0 Å². The molecule has 1 aromatic carbocycles. The maximum Gasteiger partial charge on any atom is 0.309 e. The quantitative estimate of drug-likeness (QED) is 0.824. The van der Waals surface area contributed by atoms with Crippen LogP contribution in [0.5, 0.6) is 0 Å². The minimum atomic E-state index is -0.919. The molecule has 0 aliphatic rings. The number of aryl methyl sites for hydroxylation is 1. The van der Waals surface area contributed by atoms with E-state index in [1.165, 1.54) is 0 Å². The monoisotopic (exact) mass is 331 g/mol. The molecule has 0 radical (unpaired) electrons. The summed E-state index contributed by atoms with van der Waals surface area (Å²) in [6.07, 6.45) is 1.52. The lowest BCUT2D eigenvalue weighted by molar-refractivity contribution is -0.136. The Hall–Kier alpha value is -1.24. The molecular formula is C12H11Cl2N3O2S. The van der Waals surface area contributed by atoms with Crippen LogP contribution in [-0.4, -0.2) is 31.8 Å². The molecule has 0 saturated carbocycles. The Morgan fingerprint density at radius 2 is 2.20 bits per heavy atom. The van der Waals surface area contributed by atoms with Crippen LogP contribution < -0.4 is 0 Å². The molecule has 106 valence electrons. The summed E-state index contributed by atoms with van der Waals surface area (Å²) in [6.45, 7) is 0.611. The van der Waals surface area contributed by atoms with Crippen molar-refractivity contribution in [2.75, 3.05) is 5.75 Å². The van der Waals surface area contributed by atoms with Gasteiger partial charge in [0.15, 0.2) is 0 Å². The van der Waals surface area contributed by atoms with E-state index in [-0.39, 0.29) is 6.42 Å². The molecule has 0 amide bonds. The molecule has 0 atom stereocenters. The molecule has 0 fully saturated rings. The highest BCUT2D eigenvalue weighted by atomic mass is 35.5. The van der Waals surface area contributed by atoms with Crippen LogP contribution in [-0.2, 0) is 17.8 Å². The van der Waals surface area contributed by atoms with Gasteiger partial charge in [-0.25, -0.2) is 0 Å². The van der Waals surface area contributed by atoms with Crippen molar-refractivity contribution in [3.63, 3.8) is 0 Å². The van der Waals surface area contributed by atoms with Crippen LogP contribution in [0, 0.1) is 0 Å². The minimum absolute atomic E-state index is 0.118. The van der Waals surface area contributed by atoms with Crippen LogP contribution >= 0.6 is 35.0 Å². The van der Waals surface area contributed by atoms with E-state index in [2.05, 4.69) is 10.3 Å². The minimum Gasteiger partial charge on any atom is -0.481 e. The van der Waals surface area contributed by atoms with E-state index in [4.69, 9.17) is 28.3 Å². The summed E-state index contributed by atoms with van der Waals surface area (Å²) >= 11 is 13.5. The second kappa shape index (κ2) is 6.97. The van der Waals surface area contributed by atoms with E-state index in [9.17, 15) is 4.79 Å². The number of hydrogen-bond donors (Lipinski definition) is 1. The first-order chi connectivity index (χ1) is 9.54. The van der Waals surface area contributed by atoms with Crippen LogP contribution in [0.4, 0.5) is 0 Å². The number of halogens is 2. The van der Waals surface area contributed by atoms with Gasteiger partial charge in [0, 0.05) is 21.9 Å². The van der Waals surface area contributed by atoms with Crippen LogP contribution in [0.2, 0.25) is 10.0 Å². The van der Waals surface area contributed by atoms with Crippen molar-refractivity contribution in [1.29, 1.82) is 0 Å². The number of rotatable bonds is 6. The number of nitrogens with zero attached hydrogens (tertiary/aromatic N) is 3. The highest BCUT2D eigenvalue weighted by Crippen LogP contribution is 2.29. The van der Waals surface area contributed by atoms with E-state index in [0.717, 1.165) is 10.6 Å². The van der Waals surface area contributed by atoms with Crippen LogP contribution in [0.3, 0.4) is 0 Å². The fraction of sp³-hybridized carbons (Fsp3) is 0.250. The zero-order chi connectivity index (χ0) is 14.5. The first-order valence-electron chi connectivity index (χ1n) is 5.73. The summed E-state index contributed by atoms with van der Waals surface area (Å²) < 4.78 is 1.61. The summed E-state index contributed by atoms with van der Waals surface area (Å²) in [5, 5.41) is 17.6. The number of aliphatic carboxylic acids is 1. The van der Waals surface area contributed by atoms with Gasteiger partial charge in [0.2, 0.25) is 0 Å². The van der Waals surface area contributed by atoms with E-state index in [1.54, 1.807) is 34.8 Å². The first-order valence-corrected chi connectivity index (χ1v) is 7.47. The maximum absolute atomic E-state index is 10.5. The summed E-state index contributed by atoms with van der Waals surface area (Å²) in [4.78, 5) is 11.4. The third-order valence-electron chi connectivity index (χ3n) is 2.39. The van der Waals surface area contributed by atoms with Gasteiger partial charge in [-0.05, 0) is 18.2 Å². The normalized spacial score (nSPS) is 10.7. The fourth-order valence-corrected chi connectivity index (χ4v) is 2.95. The van der Waals surface area contributed by atoms with Gasteiger partial charge in [-0.2, -0.15) is 0 Å². The topological polar surface area (TPSA) is 68.0 Å². The van der Waals surface area contributed by atoms with Gasteiger partial charge in [-0.15, -0.1) is 16.9 Å². The number of carboxylic acid groups (broad SMARTS) is 1. The molecule has 0 aliphatic carbocycles. The zero-order valence-electron chi connectivity index (χ0n) is 10.3. The lowest BCUT2D eigenvalue weighted by Crippen LogP contribution is -2.01. The molecule has 0 saturated heterocycles. The fourth-order valence-electron chi connectivity index (χ4n) is 1.52. The molecule has 2 rings (SSSR count). The molecule has 1 heterocycles.